The average Bonchev–Trinajstić information content (AvgIpc) is 2.36. The van der Waals surface area contributed by atoms with Gasteiger partial charge < -0.3 is 10.4 Å². The highest BCUT2D eigenvalue weighted by Crippen LogP contribution is 2.16. The molecule has 0 fully saturated rings. The van der Waals surface area contributed by atoms with Crippen molar-refractivity contribution in [2.75, 3.05) is 0 Å². The molecule has 6 heteroatoms. The lowest BCUT2D eigenvalue weighted by molar-refractivity contribution is -0.143. The summed E-state index contributed by atoms with van der Waals surface area (Å²) in [5, 5.41) is 11.8. The number of hydrogen-bond donors (Lipinski definition) is 2. The number of aromatic nitrogens is 1. The molecule has 0 spiro atoms. The van der Waals surface area contributed by atoms with Crippen molar-refractivity contribution in [3.63, 3.8) is 0 Å². The average molecular weight is 308 g/mol. The van der Waals surface area contributed by atoms with Crippen molar-refractivity contribution in [3.8, 4) is 0 Å². The molecule has 0 saturated heterocycles. The standard InChI is InChI=1S/C16H24N2O4/c1-10(2)9-12(14(20)21)17-15(22)16(4,5)18-11(3)7-6-8-13(18)19/h6-8,10,12H,9H2,1-5H3,(H,17,22)(H,20,21). The lowest BCUT2D eigenvalue weighted by Gasteiger charge is -2.30. The maximum atomic E-state index is 12.5. The monoisotopic (exact) mass is 308 g/mol. The molecule has 1 amide bonds. The van der Waals surface area contributed by atoms with Gasteiger partial charge in [0.25, 0.3) is 5.56 Å². The SMILES string of the molecule is Cc1cccc(=O)n1C(C)(C)C(=O)NC(CC(C)C)C(=O)O. The number of amides is 1. The zero-order chi connectivity index (χ0) is 17.1. The normalized spacial score (nSPS) is 13.0. The summed E-state index contributed by atoms with van der Waals surface area (Å²) >= 11 is 0. The molecule has 1 rings (SSSR count). The third kappa shape index (κ3) is 3.96. The van der Waals surface area contributed by atoms with Gasteiger partial charge in [-0.15, -0.1) is 0 Å². The van der Waals surface area contributed by atoms with Gasteiger partial charge in [-0.3, -0.25) is 14.2 Å². The number of carbonyl (C=O) groups excluding carboxylic acids is 1. The fourth-order valence-electron chi connectivity index (χ4n) is 2.44. The maximum absolute atomic E-state index is 12.5. The molecule has 0 aliphatic carbocycles. The van der Waals surface area contributed by atoms with Crippen LogP contribution in [0.25, 0.3) is 0 Å². The Balaban J connectivity index is 3.09. The van der Waals surface area contributed by atoms with E-state index in [4.69, 9.17) is 0 Å². The van der Waals surface area contributed by atoms with Gasteiger partial charge in [-0.1, -0.05) is 19.9 Å². The summed E-state index contributed by atoms with van der Waals surface area (Å²) in [5.41, 5.74) is -0.827. The van der Waals surface area contributed by atoms with Crippen molar-refractivity contribution < 1.29 is 14.7 Å². The Morgan fingerprint density at radius 3 is 2.36 bits per heavy atom. The topological polar surface area (TPSA) is 88.4 Å². The predicted molar refractivity (Wildman–Crippen MR) is 83.8 cm³/mol. The molecule has 1 aromatic heterocycles. The first-order chi connectivity index (χ1) is 10.1. The van der Waals surface area contributed by atoms with E-state index in [1.165, 1.54) is 10.6 Å². The maximum Gasteiger partial charge on any atom is 0.326 e. The highest BCUT2D eigenvalue weighted by atomic mass is 16.4. The molecule has 0 radical (unpaired) electrons. The van der Waals surface area contributed by atoms with Crippen LogP contribution in [0.5, 0.6) is 0 Å². The Bertz CT molecular complexity index is 617. The summed E-state index contributed by atoms with van der Waals surface area (Å²) < 4.78 is 1.37. The van der Waals surface area contributed by atoms with Crippen LogP contribution in [0.15, 0.2) is 23.0 Å². The molecule has 0 saturated carbocycles. The highest BCUT2D eigenvalue weighted by molar-refractivity contribution is 5.88. The molecule has 6 nitrogen and oxygen atoms in total. The minimum absolute atomic E-state index is 0.130. The number of aryl methyl sites for hydroxylation is 1. The third-order valence-corrected chi connectivity index (χ3v) is 3.57. The van der Waals surface area contributed by atoms with Gasteiger partial charge in [0.15, 0.2) is 0 Å². The summed E-state index contributed by atoms with van der Waals surface area (Å²) in [4.78, 5) is 35.9. The number of rotatable bonds is 6. The molecule has 0 aliphatic heterocycles. The van der Waals surface area contributed by atoms with Gasteiger partial charge in [0, 0.05) is 11.8 Å². The van der Waals surface area contributed by atoms with Gasteiger partial charge >= 0.3 is 5.97 Å². The van der Waals surface area contributed by atoms with Crippen LogP contribution in [0.4, 0.5) is 0 Å². The largest absolute Gasteiger partial charge is 0.480 e. The van der Waals surface area contributed by atoms with Gasteiger partial charge in [0.05, 0.1) is 0 Å². The number of carboxylic acids is 1. The first-order valence-electron chi connectivity index (χ1n) is 7.30. The molecular formula is C16H24N2O4. The lowest BCUT2D eigenvalue weighted by atomic mass is 9.99. The second kappa shape index (κ2) is 6.77. The predicted octanol–water partition coefficient (Wildman–Crippen LogP) is 1.51. The molecule has 1 unspecified atom stereocenters. The van der Waals surface area contributed by atoms with Crippen LogP contribution in [-0.2, 0) is 15.1 Å². The Kier molecular flexibility index (Phi) is 5.52. The fourth-order valence-corrected chi connectivity index (χ4v) is 2.44. The molecule has 1 aromatic rings. The van der Waals surface area contributed by atoms with Crippen molar-refractivity contribution in [2.24, 2.45) is 5.92 Å². The summed E-state index contributed by atoms with van der Waals surface area (Å²) in [6.45, 7) is 8.72. The minimum Gasteiger partial charge on any atom is -0.480 e. The zero-order valence-corrected chi connectivity index (χ0v) is 13.7. The van der Waals surface area contributed by atoms with E-state index >= 15 is 0 Å². The summed E-state index contributed by atoms with van der Waals surface area (Å²) in [6, 6.07) is 3.77. The molecule has 122 valence electrons. The van der Waals surface area contributed by atoms with E-state index in [9.17, 15) is 19.5 Å². The van der Waals surface area contributed by atoms with Crippen LogP contribution in [0.3, 0.4) is 0 Å². The molecule has 1 atom stereocenters. The number of nitrogens with one attached hydrogen (secondary N) is 1. The lowest BCUT2D eigenvalue weighted by Crippen LogP contribution is -2.53. The molecule has 1 heterocycles. The summed E-state index contributed by atoms with van der Waals surface area (Å²) in [7, 11) is 0. The first-order valence-corrected chi connectivity index (χ1v) is 7.30. The van der Waals surface area contributed by atoms with Gasteiger partial charge in [-0.2, -0.15) is 0 Å². The Morgan fingerprint density at radius 2 is 1.91 bits per heavy atom. The quantitative estimate of drug-likeness (QED) is 0.833. The van der Waals surface area contributed by atoms with Crippen molar-refractivity contribution >= 4 is 11.9 Å². The molecule has 2 N–H and O–H groups in total. The first kappa shape index (κ1) is 17.9. The van der Waals surface area contributed by atoms with Gasteiger partial charge in [-0.25, -0.2) is 4.79 Å². The van der Waals surface area contributed by atoms with E-state index in [2.05, 4.69) is 5.32 Å². The number of pyridine rings is 1. The van der Waals surface area contributed by atoms with Crippen LogP contribution in [0.1, 0.15) is 39.8 Å². The van der Waals surface area contributed by atoms with E-state index in [-0.39, 0.29) is 11.5 Å². The number of hydrogen-bond acceptors (Lipinski definition) is 3. The zero-order valence-electron chi connectivity index (χ0n) is 13.7. The second-order valence-electron chi connectivity index (χ2n) is 6.39. The molecule has 0 aliphatic rings. The van der Waals surface area contributed by atoms with Crippen molar-refractivity contribution in [1.29, 1.82) is 0 Å². The van der Waals surface area contributed by atoms with Crippen molar-refractivity contribution in [2.45, 2.75) is 52.6 Å². The van der Waals surface area contributed by atoms with E-state index in [0.29, 0.717) is 12.1 Å². The van der Waals surface area contributed by atoms with Crippen molar-refractivity contribution in [3.05, 3.63) is 34.2 Å². The smallest absolute Gasteiger partial charge is 0.326 e. The van der Waals surface area contributed by atoms with Crippen LogP contribution in [0.2, 0.25) is 0 Å². The molecule has 0 aromatic carbocycles. The number of carbonyl (C=O) groups is 2. The Morgan fingerprint density at radius 1 is 1.32 bits per heavy atom. The summed E-state index contributed by atoms with van der Waals surface area (Å²) in [5.74, 6) is -1.43. The van der Waals surface area contributed by atoms with E-state index in [0.717, 1.165) is 0 Å². The van der Waals surface area contributed by atoms with E-state index in [1.807, 2.05) is 13.8 Å². The molecule has 22 heavy (non-hydrogen) atoms. The summed E-state index contributed by atoms with van der Waals surface area (Å²) in [6.07, 6.45) is 0.333. The van der Waals surface area contributed by atoms with Crippen LogP contribution in [0, 0.1) is 12.8 Å². The Labute approximate surface area is 130 Å². The molecule has 0 bridgehead atoms. The molecular weight excluding hydrogens is 284 g/mol. The van der Waals surface area contributed by atoms with Crippen LogP contribution in [-0.4, -0.2) is 27.6 Å². The fraction of sp³-hybridized carbons (Fsp3) is 0.562. The number of carboxylic acid groups (broad SMARTS) is 1. The van der Waals surface area contributed by atoms with Gasteiger partial charge in [0.1, 0.15) is 11.6 Å². The van der Waals surface area contributed by atoms with Crippen molar-refractivity contribution in [1.82, 2.24) is 9.88 Å². The highest BCUT2D eigenvalue weighted by Gasteiger charge is 2.34. The Hall–Kier alpha value is -2.11. The van der Waals surface area contributed by atoms with E-state index in [1.54, 1.807) is 32.9 Å². The number of nitrogens with zero attached hydrogens (tertiary/aromatic N) is 1. The third-order valence-electron chi connectivity index (χ3n) is 3.57. The van der Waals surface area contributed by atoms with Crippen LogP contribution >= 0.6 is 0 Å². The van der Waals surface area contributed by atoms with Gasteiger partial charge in [-0.05, 0) is 39.2 Å². The minimum atomic E-state index is -1.17. The number of aliphatic carboxylic acids is 1. The van der Waals surface area contributed by atoms with E-state index < -0.39 is 23.5 Å². The second-order valence-corrected chi connectivity index (χ2v) is 6.39. The van der Waals surface area contributed by atoms with Gasteiger partial charge in [0.2, 0.25) is 5.91 Å². The van der Waals surface area contributed by atoms with Crippen LogP contribution < -0.4 is 10.9 Å².